The van der Waals surface area contributed by atoms with Gasteiger partial charge in [0.05, 0.1) is 24.0 Å². The SMILES string of the molecule is COC(=O)c1cnc(C(N)=Nc2ccccc2)c(N)c1. The van der Waals surface area contributed by atoms with E-state index in [9.17, 15) is 4.79 Å². The van der Waals surface area contributed by atoms with Crippen molar-refractivity contribution in [1.29, 1.82) is 0 Å². The Hall–Kier alpha value is -2.89. The van der Waals surface area contributed by atoms with E-state index >= 15 is 0 Å². The van der Waals surface area contributed by atoms with Gasteiger partial charge in [-0.05, 0) is 18.2 Å². The van der Waals surface area contributed by atoms with E-state index < -0.39 is 5.97 Å². The molecule has 102 valence electrons. The molecule has 20 heavy (non-hydrogen) atoms. The summed E-state index contributed by atoms with van der Waals surface area (Å²) in [5.74, 6) is -0.320. The highest BCUT2D eigenvalue weighted by Crippen LogP contribution is 2.15. The minimum Gasteiger partial charge on any atom is -0.465 e. The zero-order chi connectivity index (χ0) is 14.5. The molecule has 0 aliphatic rings. The zero-order valence-electron chi connectivity index (χ0n) is 10.9. The van der Waals surface area contributed by atoms with Gasteiger partial charge in [-0.15, -0.1) is 0 Å². The van der Waals surface area contributed by atoms with Crippen LogP contribution >= 0.6 is 0 Å². The minimum absolute atomic E-state index is 0.185. The summed E-state index contributed by atoms with van der Waals surface area (Å²) in [6.45, 7) is 0. The number of carbonyl (C=O) groups is 1. The van der Waals surface area contributed by atoms with Crippen molar-refractivity contribution in [3.05, 3.63) is 53.9 Å². The van der Waals surface area contributed by atoms with E-state index in [0.29, 0.717) is 11.4 Å². The molecule has 2 rings (SSSR count). The van der Waals surface area contributed by atoms with Crippen molar-refractivity contribution in [2.45, 2.75) is 0 Å². The van der Waals surface area contributed by atoms with E-state index in [-0.39, 0.29) is 17.1 Å². The second-order valence-electron chi connectivity index (χ2n) is 3.99. The molecular formula is C14H14N4O2. The first-order valence-corrected chi connectivity index (χ1v) is 5.85. The van der Waals surface area contributed by atoms with Crippen LogP contribution in [0, 0.1) is 0 Å². The normalized spacial score (nSPS) is 11.2. The number of ether oxygens (including phenoxy) is 1. The maximum absolute atomic E-state index is 11.4. The van der Waals surface area contributed by atoms with Crippen LogP contribution < -0.4 is 11.5 Å². The number of methoxy groups -OCH3 is 1. The number of pyridine rings is 1. The van der Waals surface area contributed by atoms with Crippen LogP contribution in [-0.2, 0) is 4.74 Å². The quantitative estimate of drug-likeness (QED) is 0.499. The Morgan fingerprint density at radius 3 is 2.60 bits per heavy atom. The predicted octanol–water partition coefficient (Wildman–Crippen LogP) is 1.49. The summed E-state index contributed by atoms with van der Waals surface area (Å²) in [7, 11) is 1.29. The second kappa shape index (κ2) is 5.83. The van der Waals surface area contributed by atoms with Gasteiger partial charge >= 0.3 is 5.97 Å². The fourth-order valence-corrected chi connectivity index (χ4v) is 1.62. The van der Waals surface area contributed by atoms with Crippen LogP contribution in [0.2, 0.25) is 0 Å². The number of anilines is 1. The first-order chi connectivity index (χ1) is 9.61. The van der Waals surface area contributed by atoms with Crippen LogP contribution in [0.1, 0.15) is 16.1 Å². The highest BCUT2D eigenvalue weighted by molar-refractivity contribution is 6.02. The Bertz CT molecular complexity index is 653. The number of carbonyl (C=O) groups excluding carboxylic acids is 1. The predicted molar refractivity (Wildman–Crippen MR) is 76.8 cm³/mol. The van der Waals surface area contributed by atoms with Crippen molar-refractivity contribution >= 4 is 23.2 Å². The number of nitrogens with two attached hydrogens (primary N) is 2. The largest absolute Gasteiger partial charge is 0.465 e. The maximum Gasteiger partial charge on any atom is 0.339 e. The second-order valence-corrected chi connectivity index (χ2v) is 3.99. The van der Waals surface area contributed by atoms with Crippen LogP contribution in [0.3, 0.4) is 0 Å². The average Bonchev–Trinajstić information content (AvgIpc) is 2.47. The van der Waals surface area contributed by atoms with E-state index in [1.54, 1.807) is 0 Å². The molecule has 0 saturated heterocycles. The molecule has 0 atom stereocenters. The van der Waals surface area contributed by atoms with Gasteiger partial charge in [-0.2, -0.15) is 0 Å². The fourth-order valence-electron chi connectivity index (χ4n) is 1.62. The highest BCUT2D eigenvalue weighted by atomic mass is 16.5. The summed E-state index contributed by atoms with van der Waals surface area (Å²) in [6.07, 6.45) is 1.35. The molecule has 0 radical (unpaired) electrons. The standard InChI is InChI=1S/C14H14N4O2/c1-20-14(19)9-7-11(15)12(17-8-9)13(16)18-10-5-3-2-4-6-10/h2-8H,15H2,1H3,(H2,16,18). The molecule has 1 aromatic carbocycles. The molecule has 0 aliphatic carbocycles. The Morgan fingerprint density at radius 2 is 2.00 bits per heavy atom. The molecule has 1 aromatic heterocycles. The third-order valence-electron chi connectivity index (χ3n) is 2.59. The lowest BCUT2D eigenvalue weighted by Crippen LogP contribution is -2.18. The number of rotatable bonds is 3. The van der Waals surface area contributed by atoms with Gasteiger partial charge in [-0.25, -0.2) is 14.8 Å². The zero-order valence-corrected chi connectivity index (χ0v) is 10.9. The summed E-state index contributed by atoms with van der Waals surface area (Å²) >= 11 is 0. The third kappa shape index (κ3) is 2.92. The molecule has 0 aliphatic heterocycles. The molecule has 0 saturated carbocycles. The van der Waals surface area contributed by atoms with E-state index in [0.717, 1.165) is 0 Å². The lowest BCUT2D eigenvalue weighted by atomic mass is 10.2. The molecule has 0 spiro atoms. The smallest absolute Gasteiger partial charge is 0.339 e. The molecule has 0 bridgehead atoms. The van der Waals surface area contributed by atoms with Gasteiger partial charge < -0.3 is 16.2 Å². The van der Waals surface area contributed by atoms with Gasteiger partial charge in [0.15, 0.2) is 5.84 Å². The monoisotopic (exact) mass is 270 g/mol. The van der Waals surface area contributed by atoms with Gasteiger partial charge in [0.2, 0.25) is 0 Å². The van der Waals surface area contributed by atoms with Crippen LogP contribution in [0.4, 0.5) is 11.4 Å². The lowest BCUT2D eigenvalue weighted by molar-refractivity contribution is 0.0600. The van der Waals surface area contributed by atoms with Crippen molar-refractivity contribution < 1.29 is 9.53 Å². The van der Waals surface area contributed by atoms with E-state index in [1.807, 2.05) is 30.3 Å². The third-order valence-corrected chi connectivity index (χ3v) is 2.59. The molecule has 4 N–H and O–H groups in total. The first-order valence-electron chi connectivity index (χ1n) is 5.85. The topological polar surface area (TPSA) is 104 Å². The molecule has 6 nitrogen and oxygen atoms in total. The number of aromatic nitrogens is 1. The lowest BCUT2D eigenvalue weighted by Gasteiger charge is -2.06. The average molecular weight is 270 g/mol. The molecule has 0 unspecified atom stereocenters. The Labute approximate surface area is 116 Å². The van der Waals surface area contributed by atoms with Gasteiger partial charge in [-0.1, -0.05) is 18.2 Å². The van der Waals surface area contributed by atoms with Gasteiger partial charge in [0.25, 0.3) is 0 Å². The van der Waals surface area contributed by atoms with E-state index in [2.05, 4.69) is 14.7 Å². The molecule has 1 heterocycles. The summed E-state index contributed by atoms with van der Waals surface area (Å²) < 4.78 is 4.59. The number of nitrogens with zero attached hydrogens (tertiary/aromatic N) is 2. The number of aliphatic imine (C=N–C) groups is 1. The van der Waals surface area contributed by atoms with Crippen LogP contribution in [0.25, 0.3) is 0 Å². The number of para-hydroxylation sites is 1. The van der Waals surface area contributed by atoms with Crippen LogP contribution in [-0.4, -0.2) is 23.9 Å². The van der Waals surface area contributed by atoms with Crippen molar-refractivity contribution in [3.63, 3.8) is 0 Å². The summed E-state index contributed by atoms with van der Waals surface area (Å²) in [5, 5.41) is 0. The van der Waals surface area contributed by atoms with E-state index in [4.69, 9.17) is 11.5 Å². The Morgan fingerprint density at radius 1 is 1.30 bits per heavy atom. The van der Waals surface area contributed by atoms with Crippen molar-refractivity contribution in [1.82, 2.24) is 4.98 Å². The van der Waals surface area contributed by atoms with Crippen molar-refractivity contribution in [2.24, 2.45) is 10.7 Å². The number of nitrogen functional groups attached to an aromatic ring is 1. The van der Waals surface area contributed by atoms with Crippen LogP contribution in [0.15, 0.2) is 47.6 Å². The van der Waals surface area contributed by atoms with Crippen LogP contribution in [0.5, 0.6) is 0 Å². The molecule has 2 aromatic rings. The molecule has 6 heteroatoms. The summed E-state index contributed by atoms with van der Waals surface area (Å²) in [4.78, 5) is 19.6. The first kappa shape index (κ1) is 13.5. The molecule has 0 fully saturated rings. The number of esters is 1. The fraction of sp³-hybridized carbons (Fsp3) is 0.0714. The number of amidine groups is 1. The van der Waals surface area contributed by atoms with Gasteiger partial charge in [0, 0.05) is 6.20 Å². The molecular weight excluding hydrogens is 256 g/mol. The number of hydrogen-bond donors (Lipinski definition) is 2. The minimum atomic E-state index is -0.505. The number of hydrogen-bond acceptors (Lipinski definition) is 5. The highest BCUT2D eigenvalue weighted by Gasteiger charge is 2.11. The maximum atomic E-state index is 11.4. The summed E-state index contributed by atoms with van der Waals surface area (Å²) in [6, 6.07) is 10.7. The van der Waals surface area contributed by atoms with Crippen molar-refractivity contribution in [2.75, 3.05) is 12.8 Å². The van der Waals surface area contributed by atoms with Crippen molar-refractivity contribution in [3.8, 4) is 0 Å². The number of benzene rings is 1. The van der Waals surface area contributed by atoms with Gasteiger partial charge in [0.1, 0.15) is 5.69 Å². The Kier molecular flexibility index (Phi) is 3.95. The van der Waals surface area contributed by atoms with Gasteiger partial charge in [-0.3, -0.25) is 0 Å². The summed E-state index contributed by atoms with van der Waals surface area (Å²) in [5.41, 5.74) is 13.3. The molecule has 0 amide bonds. The van der Waals surface area contributed by atoms with E-state index in [1.165, 1.54) is 19.4 Å². The Balaban J connectivity index is 2.34.